The van der Waals surface area contributed by atoms with Crippen molar-refractivity contribution in [2.75, 3.05) is 18.5 Å². The van der Waals surface area contributed by atoms with Crippen LogP contribution in [0, 0.1) is 29.6 Å². The zero-order chi connectivity index (χ0) is 12.8. The maximum Gasteiger partial charge on any atom is 0.130 e. The average Bonchev–Trinajstić information content (AvgIpc) is 2.36. The van der Waals surface area contributed by atoms with Crippen molar-refractivity contribution in [1.82, 2.24) is 0 Å². The lowest BCUT2D eigenvalue weighted by Crippen LogP contribution is -2.15. The number of benzene rings is 1. The van der Waals surface area contributed by atoms with Crippen LogP contribution in [0.15, 0.2) is 23.8 Å². The minimum Gasteiger partial charge on any atom is -0.375 e. The summed E-state index contributed by atoms with van der Waals surface area (Å²) in [6.45, 7) is 5.01. The van der Waals surface area contributed by atoms with Gasteiger partial charge in [0.05, 0.1) is 0 Å². The number of aryl methyl sites for hydroxylation is 1. The maximum atomic E-state index is 8.71. The van der Waals surface area contributed by atoms with Crippen molar-refractivity contribution in [1.29, 1.82) is 10.5 Å². The standard InChI is InChI=1S/C14H15N3/c1-4-17(3)14-6-5-13(11(2)7-14)8-12(9-15)10-16/h5-8H,4H2,1-3H3. The Bertz CT molecular complexity index is 499. The Morgan fingerprint density at radius 2 is 2.00 bits per heavy atom. The Morgan fingerprint density at radius 1 is 1.35 bits per heavy atom. The molecule has 0 fully saturated rings. The van der Waals surface area contributed by atoms with Gasteiger partial charge in [-0.05, 0) is 43.2 Å². The minimum absolute atomic E-state index is 0.129. The monoisotopic (exact) mass is 225 g/mol. The van der Waals surface area contributed by atoms with Gasteiger partial charge in [0.25, 0.3) is 0 Å². The zero-order valence-corrected chi connectivity index (χ0v) is 10.4. The van der Waals surface area contributed by atoms with Crippen LogP contribution in [0.1, 0.15) is 18.1 Å². The van der Waals surface area contributed by atoms with Crippen molar-refractivity contribution in [2.45, 2.75) is 13.8 Å². The van der Waals surface area contributed by atoms with Gasteiger partial charge in [-0.25, -0.2) is 0 Å². The summed E-state index contributed by atoms with van der Waals surface area (Å²) < 4.78 is 0. The molecular formula is C14H15N3. The van der Waals surface area contributed by atoms with Crippen LogP contribution in [0.25, 0.3) is 6.08 Å². The molecule has 1 aromatic carbocycles. The molecule has 0 atom stereocenters. The number of hydrogen-bond donors (Lipinski definition) is 0. The van der Waals surface area contributed by atoms with E-state index in [-0.39, 0.29) is 5.57 Å². The van der Waals surface area contributed by atoms with Crippen LogP contribution < -0.4 is 4.90 Å². The van der Waals surface area contributed by atoms with Gasteiger partial charge in [-0.2, -0.15) is 10.5 Å². The highest BCUT2D eigenvalue weighted by atomic mass is 15.1. The fraction of sp³-hybridized carbons (Fsp3) is 0.286. The predicted molar refractivity (Wildman–Crippen MR) is 69.3 cm³/mol. The molecule has 0 bridgehead atoms. The number of anilines is 1. The molecule has 0 aromatic heterocycles. The van der Waals surface area contributed by atoms with Gasteiger partial charge >= 0.3 is 0 Å². The highest BCUT2D eigenvalue weighted by Crippen LogP contribution is 2.20. The molecule has 0 saturated carbocycles. The summed E-state index contributed by atoms with van der Waals surface area (Å²) >= 11 is 0. The van der Waals surface area contributed by atoms with Gasteiger partial charge in [0.15, 0.2) is 0 Å². The van der Waals surface area contributed by atoms with Crippen molar-refractivity contribution in [2.24, 2.45) is 0 Å². The molecule has 0 saturated heterocycles. The molecule has 0 aliphatic carbocycles. The van der Waals surface area contributed by atoms with Gasteiger partial charge in [0.1, 0.15) is 17.7 Å². The molecule has 0 unspecified atom stereocenters. The van der Waals surface area contributed by atoms with Crippen LogP contribution in [0.5, 0.6) is 0 Å². The van der Waals surface area contributed by atoms with Gasteiger partial charge in [0, 0.05) is 19.3 Å². The first-order valence-electron chi connectivity index (χ1n) is 5.46. The van der Waals surface area contributed by atoms with Crippen LogP contribution in [0.2, 0.25) is 0 Å². The molecule has 1 rings (SSSR count). The van der Waals surface area contributed by atoms with E-state index in [4.69, 9.17) is 10.5 Å². The zero-order valence-electron chi connectivity index (χ0n) is 10.4. The van der Waals surface area contributed by atoms with Gasteiger partial charge in [-0.3, -0.25) is 0 Å². The lowest BCUT2D eigenvalue weighted by Gasteiger charge is -2.17. The number of nitriles is 2. The van der Waals surface area contributed by atoms with Crippen molar-refractivity contribution in [3.8, 4) is 12.1 Å². The third kappa shape index (κ3) is 3.09. The first-order chi connectivity index (χ1) is 8.12. The van der Waals surface area contributed by atoms with E-state index in [9.17, 15) is 0 Å². The molecule has 0 aliphatic heterocycles. The SMILES string of the molecule is CCN(C)c1ccc(C=C(C#N)C#N)c(C)c1. The summed E-state index contributed by atoms with van der Waals surface area (Å²) in [6.07, 6.45) is 1.62. The molecule has 1 aromatic rings. The summed E-state index contributed by atoms with van der Waals surface area (Å²) in [7, 11) is 2.03. The molecule has 86 valence electrons. The Kier molecular flexibility index (Phi) is 4.31. The van der Waals surface area contributed by atoms with Crippen molar-refractivity contribution in [3.05, 3.63) is 34.9 Å². The second kappa shape index (κ2) is 5.72. The summed E-state index contributed by atoms with van der Waals surface area (Å²) in [5.74, 6) is 0. The largest absolute Gasteiger partial charge is 0.375 e. The normalized spacial score (nSPS) is 9.00. The molecule has 0 amide bonds. The smallest absolute Gasteiger partial charge is 0.130 e. The molecule has 0 heterocycles. The fourth-order valence-corrected chi connectivity index (χ4v) is 1.49. The van der Waals surface area contributed by atoms with E-state index in [0.717, 1.165) is 23.4 Å². The van der Waals surface area contributed by atoms with Crippen LogP contribution in [-0.2, 0) is 0 Å². The van der Waals surface area contributed by atoms with E-state index in [0.29, 0.717) is 0 Å². The van der Waals surface area contributed by atoms with Gasteiger partial charge in [0.2, 0.25) is 0 Å². The first-order valence-corrected chi connectivity index (χ1v) is 5.46. The third-order valence-electron chi connectivity index (χ3n) is 2.71. The molecular weight excluding hydrogens is 210 g/mol. The van der Waals surface area contributed by atoms with E-state index < -0.39 is 0 Å². The van der Waals surface area contributed by atoms with Crippen molar-refractivity contribution >= 4 is 11.8 Å². The van der Waals surface area contributed by atoms with E-state index >= 15 is 0 Å². The maximum absolute atomic E-state index is 8.71. The van der Waals surface area contributed by atoms with E-state index in [2.05, 4.69) is 17.9 Å². The second-order valence-corrected chi connectivity index (χ2v) is 3.84. The van der Waals surface area contributed by atoms with Crippen LogP contribution in [0.4, 0.5) is 5.69 Å². The predicted octanol–water partition coefficient (Wildman–Crippen LogP) is 2.88. The molecule has 17 heavy (non-hydrogen) atoms. The number of allylic oxidation sites excluding steroid dienone is 1. The molecule has 0 N–H and O–H groups in total. The summed E-state index contributed by atoms with van der Waals surface area (Å²) in [5.41, 5.74) is 3.24. The highest BCUT2D eigenvalue weighted by Gasteiger charge is 2.02. The summed E-state index contributed by atoms with van der Waals surface area (Å²) in [5, 5.41) is 17.4. The fourth-order valence-electron chi connectivity index (χ4n) is 1.49. The quantitative estimate of drug-likeness (QED) is 0.743. The minimum atomic E-state index is 0.129. The first kappa shape index (κ1) is 12.8. The van der Waals surface area contributed by atoms with E-state index in [1.807, 2.05) is 38.2 Å². The lowest BCUT2D eigenvalue weighted by molar-refractivity contribution is 0.967. The lowest BCUT2D eigenvalue weighted by atomic mass is 10.1. The topological polar surface area (TPSA) is 50.8 Å². The average molecular weight is 225 g/mol. The highest BCUT2D eigenvalue weighted by molar-refractivity contribution is 5.66. The third-order valence-corrected chi connectivity index (χ3v) is 2.71. The Labute approximate surface area is 102 Å². The molecule has 3 nitrogen and oxygen atoms in total. The van der Waals surface area contributed by atoms with Crippen LogP contribution in [0.3, 0.4) is 0 Å². The van der Waals surface area contributed by atoms with E-state index in [1.54, 1.807) is 6.08 Å². The Hall–Kier alpha value is -2.26. The molecule has 0 aliphatic rings. The molecule has 3 heteroatoms. The van der Waals surface area contributed by atoms with Crippen LogP contribution >= 0.6 is 0 Å². The van der Waals surface area contributed by atoms with Gasteiger partial charge < -0.3 is 4.90 Å². The van der Waals surface area contributed by atoms with Gasteiger partial charge in [-0.15, -0.1) is 0 Å². The molecule has 0 radical (unpaired) electrons. The van der Waals surface area contributed by atoms with Crippen molar-refractivity contribution in [3.63, 3.8) is 0 Å². The van der Waals surface area contributed by atoms with Gasteiger partial charge in [-0.1, -0.05) is 6.07 Å². The second-order valence-electron chi connectivity index (χ2n) is 3.84. The summed E-state index contributed by atoms with van der Waals surface area (Å²) in [6, 6.07) is 9.72. The van der Waals surface area contributed by atoms with Crippen molar-refractivity contribution < 1.29 is 0 Å². The number of hydrogen-bond acceptors (Lipinski definition) is 3. The molecule has 0 spiro atoms. The number of nitrogens with zero attached hydrogens (tertiary/aromatic N) is 3. The van der Waals surface area contributed by atoms with E-state index in [1.165, 1.54) is 0 Å². The summed E-state index contributed by atoms with van der Waals surface area (Å²) in [4.78, 5) is 2.13. The number of rotatable bonds is 3. The Morgan fingerprint density at radius 3 is 2.47 bits per heavy atom. The van der Waals surface area contributed by atoms with Crippen LogP contribution in [-0.4, -0.2) is 13.6 Å². The Balaban J connectivity index is 3.12.